The summed E-state index contributed by atoms with van der Waals surface area (Å²) in [5.74, 6) is 1.84. The van der Waals surface area contributed by atoms with E-state index in [0.717, 1.165) is 54.2 Å². The van der Waals surface area contributed by atoms with Gasteiger partial charge < -0.3 is 9.47 Å². The average molecular weight is 399 g/mol. The number of likely N-dealkylation sites (tertiary alicyclic amines) is 1. The minimum atomic E-state index is -0.0758. The SMILES string of the molecule is CC(=O)N1CCC(Cn2c(C(C)(C)C)nc3cc(SC(C)C#N)ccc32)CC1. The lowest BCUT2D eigenvalue weighted by molar-refractivity contribution is -0.130. The van der Waals surface area contributed by atoms with E-state index in [1.807, 2.05) is 11.8 Å². The quantitative estimate of drug-likeness (QED) is 0.706. The van der Waals surface area contributed by atoms with E-state index in [2.05, 4.69) is 49.6 Å². The third kappa shape index (κ3) is 4.52. The topological polar surface area (TPSA) is 61.9 Å². The van der Waals surface area contributed by atoms with Crippen LogP contribution in [-0.2, 0) is 16.8 Å². The predicted molar refractivity (Wildman–Crippen MR) is 114 cm³/mol. The summed E-state index contributed by atoms with van der Waals surface area (Å²) < 4.78 is 2.38. The number of fused-ring (bicyclic) bond motifs is 1. The first-order valence-electron chi connectivity index (χ1n) is 10.0. The summed E-state index contributed by atoms with van der Waals surface area (Å²) in [6, 6.07) is 8.63. The maximum Gasteiger partial charge on any atom is 0.219 e. The fraction of sp³-hybridized carbons (Fsp3) is 0.591. The lowest BCUT2D eigenvalue weighted by atomic mass is 9.93. The molecule has 6 heteroatoms. The summed E-state index contributed by atoms with van der Waals surface area (Å²) in [7, 11) is 0. The van der Waals surface area contributed by atoms with Gasteiger partial charge in [0.1, 0.15) is 5.82 Å². The van der Waals surface area contributed by atoms with Crippen LogP contribution in [0, 0.1) is 17.2 Å². The molecule has 2 heterocycles. The van der Waals surface area contributed by atoms with Gasteiger partial charge in [-0.3, -0.25) is 4.79 Å². The van der Waals surface area contributed by atoms with E-state index in [9.17, 15) is 4.79 Å². The Morgan fingerprint density at radius 2 is 2.04 bits per heavy atom. The highest BCUT2D eigenvalue weighted by Crippen LogP contribution is 2.32. The van der Waals surface area contributed by atoms with Gasteiger partial charge in [-0.2, -0.15) is 5.26 Å². The molecular formula is C22H30N4OS. The van der Waals surface area contributed by atoms with E-state index in [-0.39, 0.29) is 16.6 Å². The van der Waals surface area contributed by atoms with Crippen molar-refractivity contribution in [1.29, 1.82) is 5.26 Å². The summed E-state index contributed by atoms with van der Waals surface area (Å²) in [5.41, 5.74) is 2.11. The van der Waals surface area contributed by atoms with Crippen LogP contribution >= 0.6 is 11.8 Å². The van der Waals surface area contributed by atoms with E-state index in [4.69, 9.17) is 10.2 Å². The van der Waals surface area contributed by atoms with Gasteiger partial charge in [-0.1, -0.05) is 20.8 Å². The molecule has 5 nitrogen and oxygen atoms in total. The van der Waals surface area contributed by atoms with Crippen molar-refractivity contribution in [3.63, 3.8) is 0 Å². The highest BCUT2D eigenvalue weighted by molar-refractivity contribution is 8.00. The molecule has 3 rings (SSSR count). The van der Waals surface area contributed by atoms with Gasteiger partial charge in [0.25, 0.3) is 0 Å². The Bertz CT molecular complexity index is 898. The molecule has 1 saturated heterocycles. The Morgan fingerprint density at radius 1 is 1.36 bits per heavy atom. The van der Waals surface area contributed by atoms with E-state index in [1.54, 1.807) is 18.7 Å². The van der Waals surface area contributed by atoms with Crippen molar-refractivity contribution in [3.8, 4) is 6.07 Å². The molecule has 0 aliphatic carbocycles. The molecule has 1 aromatic heterocycles. The number of hydrogen-bond acceptors (Lipinski definition) is 4. The molecule has 0 spiro atoms. The van der Waals surface area contributed by atoms with Crippen molar-refractivity contribution in [2.24, 2.45) is 5.92 Å². The van der Waals surface area contributed by atoms with Gasteiger partial charge in [-0.15, -0.1) is 11.8 Å². The molecular weight excluding hydrogens is 368 g/mol. The van der Waals surface area contributed by atoms with Crippen molar-refractivity contribution >= 4 is 28.7 Å². The number of nitrogens with zero attached hydrogens (tertiary/aromatic N) is 4. The van der Waals surface area contributed by atoms with Gasteiger partial charge in [-0.05, 0) is 43.9 Å². The standard InChI is InChI=1S/C22H30N4OS/c1-15(13-23)28-18-6-7-20-19(12-18)24-21(22(3,4)5)26(20)14-17-8-10-25(11-9-17)16(2)27/h6-7,12,15,17H,8-11,14H2,1-5H3. The van der Waals surface area contributed by atoms with Gasteiger partial charge in [0.2, 0.25) is 5.91 Å². The summed E-state index contributed by atoms with van der Waals surface area (Å²) in [6.45, 7) is 12.8. The summed E-state index contributed by atoms with van der Waals surface area (Å²) >= 11 is 1.57. The molecule has 1 amide bonds. The molecule has 0 saturated carbocycles. The monoisotopic (exact) mass is 398 g/mol. The number of carbonyl (C=O) groups excluding carboxylic acids is 1. The smallest absolute Gasteiger partial charge is 0.219 e. The van der Waals surface area contributed by atoms with Crippen LogP contribution in [0.2, 0.25) is 0 Å². The number of imidazole rings is 1. The first kappa shape index (κ1) is 20.7. The summed E-state index contributed by atoms with van der Waals surface area (Å²) in [5, 5.41) is 9.01. The maximum atomic E-state index is 11.6. The van der Waals surface area contributed by atoms with E-state index < -0.39 is 0 Å². The minimum Gasteiger partial charge on any atom is -0.343 e. The van der Waals surface area contributed by atoms with Crippen LogP contribution in [0.4, 0.5) is 0 Å². The van der Waals surface area contributed by atoms with Crippen LogP contribution in [0.15, 0.2) is 23.1 Å². The number of amides is 1. The number of thioether (sulfide) groups is 1. The molecule has 28 heavy (non-hydrogen) atoms. The van der Waals surface area contributed by atoms with E-state index >= 15 is 0 Å². The van der Waals surface area contributed by atoms with Crippen LogP contribution in [0.25, 0.3) is 11.0 Å². The molecule has 1 aliphatic heterocycles. The number of piperidine rings is 1. The molecule has 0 radical (unpaired) electrons. The van der Waals surface area contributed by atoms with Gasteiger partial charge in [0, 0.05) is 36.9 Å². The number of nitriles is 1. The molecule has 0 bridgehead atoms. The van der Waals surface area contributed by atoms with E-state index in [0.29, 0.717) is 5.92 Å². The van der Waals surface area contributed by atoms with Crippen LogP contribution in [-0.4, -0.2) is 38.7 Å². The molecule has 2 aromatic rings. The fourth-order valence-electron chi connectivity index (χ4n) is 3.86. The summed E-state index contributed by atoms with van der Waals surface area (Å²) in [6.07, 6.45) is 2.08. The fourth-order valence-corrected chi connectivity index (χ4v) is 4.65. The Morgan fingerprint density at radius 3 is 2.61 bits per heavy atom. The second kappa shape index (κ2) is 8.16. The lowest BCUT2D eigenvalue weighted by Gasteiger charge is -2.32. The molecule has 1 atom stereocenters. The van der Waals surface area contributed by atoms with Crippen molar-refractivity contribution in [2.75, 3.05) is 13.1 Å². The summed E-state index contributed by atoms with van der Waals surface area (Å²) in [4.78, 5) is 19.6. The highest BCUT2D eigenvalue weighted by atomic mass is 32.2. The molecule has 1 unspecified atom stereocenters. The van der Waals surface area contributed by atoms with Gasteiger partial charge in [0.15, 0.2) is 0 Å². The zero-order chi connectivity index (χ0) is 20.5. The Hall–Kier alpha value is -2.00. The first-order chi connectivity index (χ1) is 13.2. The van der Waals surface area contributed by atoms with Crippen molar-refractivity contribution in [3.05, 3.63) is 24.0 Å². The molecule has 1 fully saturated rings. The van der Waals surface area contributed by atoms with Crippen molar-refractivity contribution < 1.29 is 4.79 Å². The second-order valence-electron chi connectivity index (χ2n) is 8.79. The Labute approximate surface area is 172 Å². The van der Waals surface area contributed by atoms with Gasteiger partial charge in [-0.25, -0.2) is 4.98 Å². The normalized spacial score (nSPS) is 16.9. The highest BCUT2D eigenvalue weighted by Gasteiger charge is 2.27. The molecule has 1 aromatic carbocycles. The van der Waals surface area contributed by atoms with Crippen LogP contribution in [0.1, 0.15) is 53.3 Å². The lowest BCUT2D eigenvalue weighted by Crippen LogP contribution is -2.38. The largest absolute Gasteiger partial charge is 0.343 e. The zero-order valence-electron chi connectivity index (χ0n) is 17.5. The number of hydrogen-bond donors (Lipinski definition) is 0. The van der Waals surface area contributed by atoms with Crippen LogP contribution < -0.4 is 0 Å². The molecule has 150 valence electrons. The zero-order valence-corrected chi connectivity index (χ0v) is 18.3. The minimum absolute atomic E-state index is 0.0492. The molecule has 0 N–H and O–H groups in total. The number of benzene rings is 1. The third-order valence-electron chi connectivity index (χ3n) is 5.39. The van der Waals surface area contributed by atoms with Gasteiger partial charge in [0.05, 0.1) is 22.4 Å². The van der Waals surface area contributed by atoms with Crippen molar-refractivity contribution in [2.45, 2.75) is 69.6 Å². The average Bonchev–Trinajstić information content (AvgIpc) is 3.00. The number of carbonyl (C=O) groups is 1. The van der Waals surface area contributed by atoms with Crippen molar-refractivity contribution in [1.82, 2.24) is 14.5 Å². The van der Waals surface area contributed by atoms with Crippen LogP contribution in [0.5, 0.6) is 0 Å². The Kier molecular flexibility index (Phi) is 6.04. The maximum absolute atomic E-state index is 11.6. The number of aromatic nitrogens is 2. The second-order valence-corrected chi connectivity index (χ2v) is 10.2. The predicted octanol–water partition coefficient (Wildman–Crippen LogP) is 4.60. The van der Waals surface area contributed by atoms with E-state index in [1.165, 1.54) is 0 Å². The van der Waals surface area contributed by atoms with Gasteiger partial charge >= 0.3 is 0 Å². The first-order valence-corrected chi connectivity index (χ1v) is 10.9. The molecule has 1 aliphatic rings. The number of rotatable bonds is 4. The Balaban J connectivity index is 1.89. The third-order valence-corrected chi connectivity index (χ3v) is 6.37. The van der Waals surface area contributed by atoms with Crippen LogP contribution in [0.3, 0.4) is 0 Å².